The van der Waals surface area contributed by atoms with Crippen LogP contribution in [0.2, 0.25) is 10.0 Å². The average molecular weight is 480 g/mol. The lowest BCUT2D eigenvalue weighted by molar-refractivity contribution is -0.128. The summed E-state index contributed by atoms with van der Waals surface area (Å²) in [6.45, 7) is 1.76. The van der Waals surface area contributed by atoms with E-state index >= 15 is 0 Å². The monoisotopic (exact) mass is 479 g/mol. The van der Waals surface area contributed by atoms with Gasteiger partial charge in [0, 0.05) is 35.5 Å². The van der Waals surface area contributed by atoms with Gasteiger partial charge in [-0.25, -0.2) is 4.98 Å². The number of amides is 1. The van der Waals surface area contributed by atoms with Crippen LogP contribution in [0.5, 0.6) is 5.75 Å². The van der Waals surface area contributed by atoms with E-state index in [4.69, 9.17) is 32.9 Å². The minimum atomic E-state index is 0.00854. The zero-order valence-electron chi connectivity index (χ0n) is 18.2. The summed E-state index contributed by atoms with van der Waals surface area (Å²) in [5.74, 6) is 1.86. The van der Waals surface area contributed by atoms with Gasteiger partial charge in [-0.15, -0.1) is 0 Å². The smallest absolute Gasteiger partial charge is 0.223 e. The molecular formula is C26H23Cl2N3O2. The van der Waals surface area contributed by atoms with Crippen molar-refractivity contribution in [2.24, 2.45) is 0 Å². The predicted molar refractivity (Wildman–Crippen MR) is 131 cm³/mol. The summed E-state index contributed by atoms with van der Waals surface area (Å²) in [7, 11) is 1.65. The Balaban J connectivity index is 1.44. The molecule has 0 spiro atoms. The zero-order chi connectivity index (χ0) is 22.9. The van der Waals surface area contributed by atoms with Gasteiger partial charge in [-0.3, -0.25) is 4.79 Å². The number of rotatable bonds is 6. The predicted octanol–water partition coefficient (Wildman–Crippen LogP) is 5.92. The molecule has 0 saturated carbocycles. The minimum absolute atomic E-state index is 0.00854. The Hall–Kier alpha value is -3.02. The van der Waals surface area contributed by atoms with Gasteiger partial charge in [0.25, 0.3) is 0 Å². The standard InChI is InChI=1S/C26H23Cl2N3O2/c1-33-21-10-6-17(7-11-21)14-30-15-19(12-25(30)32)26-29-23-4-2-3-5-24(23)31(26)16-18-8-9-20(27)13-22(18)28/h2-11,13,19H,12,14-16H2,1H3. The van der Waals surface area contributed by atoms with Crippen molar-refractivity contribution in [3.05, 3.63) is 93.7 Å². The number of likely N-dealkylation sites (tertiary alicyclic amines) is 1. The Labute approximate surface area is 202 Å². The van der Waals surface area contributed by atoms with Gasteiger partial charge in [-0.05, 0) is 47.5 Å². The summed E-state index contributed by atoms with van der Waals surface area (Å²) in [6, 6.07) is 21.4. The molecular weight excluding hydrogens is 457 g/mol. The number of para-hydroxylation sites is 2. The molecule has 1 amide bonds. The molecule has 1 aromatic heterocycles. The Morgan fingerprint density at radius 2 is 1.82 bits per heavy atom. The third-order valence-electron chi connectivity index (χ3n) is 6.14. The van der Waals surface area contributed by atoms with Crippen LogP contribution in [0.15, 0.2) is 66.7 Å². The van der Waals surface area contributed by atoms with Gasteiger partial charge in [-0.1, -0.05) is 53.5 Å². The molecule has 2 heterocycles. The van der Waals surface area contributed by atoms with Crippen molar-refractivity contribution in [1.82, 2.24) is 14.5 Å². The summed E-state index contributed by atoms with van der Waals surface area (Å²) >= 11 is 12.6. The molecule has 0 radical (unpaired) electrons. The fourth-order valence-corrected chi connectivity index (χ4v) is 4.91. The second-order valence-electron chi connectivity index (χ2n) is 8.30. The lowest BCUT2D eigenvalue weighted by Crippen LogP contribution is -2.24. The van der Waals surface area contributed by atoms with E-state index in [1.807, 2.05) is 59.5 Å². The minimum Gasteiger partial charge on any atom is -0.497 e. The number of imidazole rings is 1. The Kier molecular flexibility index (Phi) is 6.00. The van der Waals surface area contributed by atoms with E-state index in [1.54, 1.807) is 13.2 Å². The number of fused-ring (bicyclic) bond motifs is 1. The molecule has 1 aliphatic rings. The number of benzene rings is 3. The molecule has 0 aliphatic carbocycles. The van der Waals surface area contributed by atoms with Crippen LogP contribution in [0, 0.1) is 0 Å². The van der Waals surface area contributed by atoms with E-state index < -0.39 is 0 Å². The highest BCUT2D eigenvalue weighted by atomic mass is 35.5. The fourth-order valence-electron chi connectivity index (χ4n) is 4.44. The van der Waals surface area contributed by atoms with Crippen LogP contribution in [-0.4, -0.2) is 34.0 Å². The first-order valence-corrected chi connectivity index (χ1v) is 11.6. The van der Waals surface area contributed by atoms with E-state index in [0.717, 1.165) is 33.7 Å². The second-order valence-corrected chi connectivity index (χ2v) is 9.15. The maximum absolute atomic E-state index is 12.9. The van der Waals surface area contributed by atoms with Crippen molar-refractivity contribution in [2.75, 3.05) is 13.7 Å². The summed E-state index contributed by atoms with van der Waals surface area (Å²) in [4.78, 5) is 19.7. The molecule has 33 heavy (non-hydrogen) atoms. The normalized spacial score (nSPS) is 16.0. The average Bonchev–Trinajstić information content (AvgIpc) is 3.36. The molecule has 5 nitrogen and oxygen atoms in total. The number of nitrogens with zero attached hydrogens (tertiary/aromatic N) is 3. The molecule has 168 valence electrons. The first-order valence-electron chi connectivity index (χ1n) is 10.8. The molecule has 1 atom stereocenters. The molecule has 1 unspecified atom stereocenters. The molecule has 1 saturated heterocycles. The van der Waals surface area contributed by atoms with Crippen molar-refractivity contribution in [1.29, 1.82) is 0 Å². The van der Waals surface area contributed by atoms with Crippen molar-refractivity contribution in [3.63, 3.8) is 0 Å². The molecule has 1 aliphatic heterocycles. The highest BCUT2D eigenvalue weighted by Gasteiger charge is 2.34. The third kappa shape index (κ3) is 4.43. The molecule has 5 rings (SSSR count). The summed E-state index contributed by atoms with van der Waals surface area (Å²) in [6.07, 6.45) is 0.438. The maximum atomic E-state index is 12.9. The van der Waals surface area contributed by atoms with E-state index in [2.05, 4.69) is 10.6 Å². The van der Waals surface area contributed by atoms with E-state index in [9.17, 15) is 4.79 Å². The SMILES string of the molecule is COc1ccc(CN2CC(c3nc4ccccc4n3Cc3ccc(Cl)cc3Cl)CC2=O)cc1. The zero-order valence-corrected chi connectivity index (χ0v) is 19.7. The fraction of sp³-hybridized carbons (Fsp3) is 0.231. The number of carbonyl (C=O) groups excluding carboxylic acids is 1. The summed E-state index contributed by atoms with van der Waals surface area (Å²) in [5.41, 5.74) is 3.98. The molecule has 0 bridgehead atoms. The van der Waals surface area contributed by atoms with Crippen LogP contribution in [0.25, 0.3) is 11.0 Å². The molecule has 3 aromatic carbocycles. The van der Waals surface area contributed by atoms with Crippen molar-refractivity contribution in [3.8, 4) is 5.75 Å². The lowest BCUT2D eigenvalue weighted by Gasteiger charge is -2.18. The molecule has 1 fully saturated rings. The summed E-state index contributed by atoms with van der Waals surface area (Å²) in [5, 5.41) is 1.23. The molecule has 7 heteroatoms. The van der Waals surface area contributed by atoms with E-state index in [0.29, 0.717) is 36.1 Å². The van der Waals surface area contributed by atoms with Crippen LogP contribution in [0.3, 0.4) is 0 Å². The molecule has 0 N–H and O–H groups in total. The Bertz CT molecular complexity index is 1320. The number of halogens is 2. The van der Waals surface area contributed by atoms with Crippen LogP contribution < -0.4 is 4.74 Å². The second kappa shape index (κ2) is 9.08. The largest absolute Gasteiger partial charge is 0.497 e. The topological polar surface area (TPSA) is 47.4 Å². The number of carbonyl (C=O) groups is 1. The van der Waals surface area contributed by atoms with Gasteiger partial charge < -0.3 is 14.2 Å². The first kappa shape index (κ1) is 21.8. The van der Waals surface area contributed by atoms with Gasteiger partial charge in [0.1, 0.15) is 11.6 Å². The Morgan fingerprint density at radius 1 is 1.03 bits per heavy atom. The first-order chi connectivity index (χ1) is 16.0. The van der Waals surface area contributed by atoms with Crippen LogP contribution >= 0.6 is 23.2 Å². The number of hydrogen-bond donors (Lipinski definition) is 0. The maximum Gasteiger partial charge on any atom is 0.223 e. The van der Waals surface area contributed by atoms with Crippen molar-refractivity contribution >= 4 is 40.1 Å². The number of methoxy groups -OCH3 is 1. The van der Waals surface area contributed by atoms with Crippen LogP contribution in [-0.2, 0) is 17.9 Å². The quantitative estimate of drug-likeness (QED) is 0.345. The number of hydrogen-bond acceptors (Lipinski definition) is 3. The lowest BCUT2D eigenvalue weighted by atomic mass is 10.1. The van der Waals surface area contributed by atoms with Crippen LogP contribution in [0.1, 0.15) is 29.3 Å². The summed E-state index contributed by atoms with van der Waals surface area (Å²) < 4.78 is 7.41. The van der Waals surface area contributed by atoms with E-state index in [-0.39, 0.29) is 11.8 Å². The third-order valence-corrected chi connectivity index (χ3v) is 6.73. The van der Waals surface area contributed by atoms with Gasteiger partial charge in [0.05, 0.1) is 24.7 Å². The van der Waals surface area contributed by atoms with E-state index in [1.165, 1.54) is 0 Å². The number of ether oxygens (including phenoxy) is 1. The number of aromatic nitrogens is 2. The highest BCUT2D eigenvalue weighted by Crippen LogP contribution is 2.33. The highest BCUT2D eigenvalue weighted by molar-refractivity contribution is 6.35. The van der Waals surface area contributed by atoms with Gasteiger partial charge in [0.2, 0.25) is 5.91 Å². The van der Waals surface area contributed by atoms with Gasteiger partial charge >= 0.3 is 0 Å². The van der Waals surface area contributed by atoms with Gasteiger partial charge in [-0.2, -0.15) is 0 Å². The molecule has 4 aromatic rings. The van der Waals surface area contributed by atoms with Crippen molar-refractivity contribution in [2.45, 2.75) is 25.4 Å². The van der Waals surface area contributed by atoms with Gasteiger partial charge in [0.15, 0.2) is 0 Å². The Morgan fingerprint density at radius 3 is 2.58 bits per heavy atom. The van der Waals surface area contributed by atoms with Crippen molar-refractivity contribution < 1.29 is 9.53 Å². The van der Waals surface area contributed by atoms with Crippen LogP contribution in [0.4, 0.5) is 0 Å².